The number of aromatic nitrogens is 5. The van der Waals surface area contributed by atoms with Crippen LogP contribution < -0.4 is 10.2 Å². The molecule has 0 amide bonds. The van der Waals surface area contributed by atoms with Gasteiger partial charge in [-0.05, 0) is 24.6 Å². The van der Waals surface area contributed by atoms with Crippen molar-refractivity contribution < 1.29 is 0 Å². The minimum atomic E-state index is 0. The molecule has 0 atom stereocenters. The van der Waals surface area contributed by atoms with Gasteiger partial charge in [0.15, 0.2) is 11.6 Å². The fourth-order valence-electron chi connectivity index (χ4n) is 3.41. The third-order valence-corrected chi connectivity index (χ3v) is 4.87. The number of hydrogen-bond donors (Lipinski definition) is 1. The first-order valence-electron chi connectivity index (χ1n) is 9.61. The summed E-state index contributed by atoms with van der Waals surface area (Å²) in [6, 6.07) is 7.79. The minimum absolute atomic E-state index is 0. The van der Waals surface area contributed by atoms with E-state index in [2.05, 4.69) is 40.3 Å². The lowest BCUT2D eigenvalue weighted by molar-refractivity contribution is 0.370. The SMILES string of the molecule is CN=C(NCCCc1nnc2ccccn12)N1CCN(c2ncccn2)CC1.I. The predicted octanol–water partition coefficient (Wildman–Crippen LogP) is 1.47. The van der Waals surface area contributed by atoms with Crippen LogP contribution >= 0.6 is 24.0 Å². The Morgan fingerprint density at radius 3 is 2.62 bits per heavy atom. The molecule has 1 fully saturated rings. The Balaban J connectivity index is 0.00000240. The lowest BCUT2D eigenvalue weighted by Crippen LogP contribution is -2.53. The monoisotopic (exact) mass is 507 g/mol. The van der Waals surface area contributed by atoms with Crippen molar-refractivity contribution in [3.63, 3.8) is 0 Å². The van der Waals surface area contributed by atoms with E-state index in [4.69, 9.17) is 0 Å². The predicted molar refractivity (Wildman–Crippen MR) is 124 cm³/mol. The maximum absolute atomic E-state index is 4.44. The fraction of sp³-hybridized carbons (Fsp3) is 0.421. The molecular formula is C19H26IN9. The molecule has 1 N–H and O–H groups in total. The molecule has 1 aliphatic heterocycles. The number of nitrogens with one attached hydrogen (secondary N) is 1. The zero-order chi connectivity index (χ0) is 19.2. The normalized spacial score (nSPS) is 14.7. The molecule has 3 aromatic rings. The molecule has 0 unspecified atom stereocenters. The highest BCUT2D eigenvalue weighted by Crippen LogP contribution is 2.10. The zero-order valence-electron chi connectivity index (χ0n) is 16.5. The van der Waals surface area contributed by atoms with Crippen molar-refractivity contribution >= 4 is 41.5 Å². The molecule has 0 aliphatic carbocycles. The summed E-state index contributed by atoms with van der Waals surface area (Å²) in [5, 5.41) is 12.0. The van der Waals surface area contributed by atoms with Gasteiger partial charge in [-0.2, -0.15) is 0 Å². The van der Waals surface area contributed by atoms with E-state index in [0.29, 0.717) is 0 Å². The van der Waals surface area contributed by atoms with E-state index < -0.39 is 0 Å². The molecule has 29 heavy (non-hydrogen) atoms. The first-order chi connectivity index (χ1) is 13.8. The number of nitrogens with zero attached hydrogens (tertiary/aromatic N) is 8. The summed E-state index contributed by atoms with van der Waals surface area (Å²) < 4.78 is 2.04. The van der Waals surface area contributed by atoms with E-state index in [1.54, 1.807) is 12.4 Å². The van der Waals surface area contributed by atoms with Crippen LogP contribution in [0, 0.1) is 0 Å². The van der Waals surface area contributed by atoms with Crippen LogP contribution in [0.15, 0.2) is 47.8 Å². The van der Waals surface area contributed by atoms with Gasteiger partial charge in [0.05, 0.1) is 0 Å². The number of hydrogen-bond acceptors (Lipinski definition) is 6. The number of anilines is 1. The smallest absolute Gasteiger partial charge is 0.225 e. The Kier molecular flexibility index (Phi) is 7.55. The van der Waals surface area contributed by atoms with Crippen LogP contribution in [-0.2, 0) is 6.42 Å². The van der Waals surface area contributed by atoms with Crippen molar-refractivity contribution in [3.05, 3.63) is 48.7 Å². The average molecular weight is 507 g/mol. The van der Waals surface area contributed by atoms with E-state index in [1.807, 2.05) is 41.9 Å². The average Bonchev–Trinajstić information content (AvgIpc) is 3.18. The molecule has 154 valence electrons. The van der Waals surface area contributed by atoms with Gasteiger partial charge in [0.25, 0.3) is 0 Å². The molecule has 4 rings (SSSR count). The molecule has 1 aliphatic rings. The Morgan fingerprint density at radius 1 is 1.07 bits per heavy atom. The summed E-state index contributed by atoms with van der Waals surface area (Å²) in [6.07, 6.45) is 7.41. The van der Waals surface area contributed by atoms with Crippen molar-refractivity contribution in [3.8, 4) is 0 Å². The molecule has 4 heterocycles. The Morgan fingerprint density at radius 2 is 1.86 bits per heavy atom. The highest BCUT2D eigenvalue weighted by Gasteiger charge is 2.20. The van der Waals surface area contributed by atoms with Crippen molar-refractivity contribution in [2.75, 3.05) is 44.7 Å². The van der Waals surface area contributed by atoms with Crippen molar-refractivity contribution in [1.29, 1.82) is 0 Å². The van der Waals surface area contributed by atoms with Crippen molar-refractivity contribution in [1.82, 2.24) is 34.8 Å². The standard InChI is InChI=1S/C19H25N9.HI/c1-20-18(26-12-14-27(15-13-26)19-22-9-5-10-23-19)21-8-4-7-17-25-24-16-6-2-3-11-28(16)17;/h2-3,5-6,9-11H,4,7-8,12-15H2,1H3,(H,20,21);1H. The lowest BCUT2D eigenvalue weighted by Gasteiger charge is -2.36. The highest BCUT2D eigenvalue weighted by atomic mass is 127. The van der Waals surface area contributed by atoms with Gasteiger partial charge in [-0.15, -0.1) is 34.2 Å². The van der Waals surface area contributed by atoms with Crippen LogP contribution in [0.1, 0.15) is 12.2 Å². The molecule has 0 spiro atoms. The first-order valence-corrected chi connectivity index (χ1v) is 9.61. The molecular weight excluding hydrogens is 481 g/mol. The van der Waals surface area contributed by atoms with Crippen molar-refractivity contribution in [2.24, 2.45) is 4.99 Å². The second-order valence-electron chi connectivity index (χ2n) is 6.65. The summed E-state index contributed by atoms with van der Waals surface area (Å²) >= 11 is 0. The number of piperazine rings is 1. The first kappa shape index (κ1) is 21.2. The topological polar surface area (TPSA) is 86.8 Å². The maximum atomic E-state index is 4.44. The van der Waals surface area contributed by atoms with Gasteiger partial charge in [0.1, 0.15) is 5.82 Å². The van der Waals surface area contributed by atoms with Crippen LogP contribution in [0.2, 0.25) is 0 Å². The van der Waals surface area contributed by atoms with Crippen molar-refractivity contribution in [2.45, 2.75) is 12.8 Å². The van der Waals surface area contributed by atoms with Gasteiger partial charge < -0.3 is 15.1 Å². The van der Waals surface area contributed by atoms with E-state index in [-0.39, 0.29) is 24.0 Å². The van der Waals surface area contributed by atoms with E-state index in [1.165, 1.54) is 0 Å². The maximum Gasteiger partial charge on any atom is 0.225 e. The van der Waals surface area contributed by atoms with Gasteiger partial charge >= 0.3 is 0 Å². The number of fused-ring (bicyclic) bond motifs is 1. The summed E-state index contributed by atoms with van der Waals surface area (Å²) in [4.78, 5) is 17.6. The molecule has 10 heteroatoms. The summed E-state index contributed by atoms with van der Waals surface area (Å²) in [6.45, 7) is 4.41. The quantitative estimate of drug-likeness (QED) is 0.242. The van der Waals surface area contributed by atoms with Crippen LogP contribution in [0.5, 0.6) is 0 Å². The number of aliphatic imine (C=N–C) groups is 1. The van der Waals surface area contributed by atoms with Gasteiger partial charge in [-0.25, -0.2) is 9.97 Å². The molecule has 0 saturated carbocycles. The minimum Gasteiger partial charge on any atom is -0.356 e. The molecule has 0 radical (unpaired) electrons. The molecule has 1 saturated heterocycles. The third-order valence-electron chi connectivity index (χ3n) is 4.87. The second-order valence-corrected chi connectivity index (χ2v) is 6.65. The zero-order valence-corrected chi connectivity index (χ0v) is 18.8. The van der Waals surface area contributed by atoms with Crippen LogP contribution in [0.25, 0.3) is 5.65 Å². The molecule has 0 bridgehead atoms. The van der Waals surface area contributed by atoms with E-state index >= 15 is 0 Å². The van der Waals surface area contributed by atoms with Gasteiger partial charge in [-0.3, -0.25) is 9.39 Å². The Labute approximate surface area is 187 Å². The number of guanidine groups is 1. The van der Waals surface area contributed by atoms with E-state index in [0.717, 1.165) is 68.9 Å². The summed E-state index contributed by atoms with van der Waals surface area (Å²) in [5.74, 6) is 2.73. The number of pyridine rings is 1. The summed E-state index contributed by atoms with van der Waals surface area (Å²) in [7, 11) is 1.83. The number of halogens is 1. The largest absolute Gasteiger partial charge is 0.356 e. The number of rotatable bonds is 5. The van der Waals surface area contributed by atoms with E-state index in [9.17, 15) is 0 Å². The van der Waals surface area contributed by atoms with Crippen LogP contribution in [-0.4, -0.2) is 75.2 Å². The second kappa shape index (κ2) is 10.3. The molecule has 3 aromatic heterocycles. The Hall–Kier alpha value is -2.50. The fourth-order valence-corrected chi connectivity index (χ4v) is 3.41. The lowest BCUT2D eigenvalue weighted by atomic mass is 10.3. The molecule has 0 aromatic carbocycles. The Bertz CT molecular complexity index is 920. The van der Waals surface area contributed by atoms with Gasteiger partial charge in [0.2, 0.25) is 5.95 Å². The highest BCUT2D eigenvalue weighted by molar-refractivity contribution is 14.0. The summed E-state index contributed by atoms with van der Waals surface area (Å²) in [5.41, 5.74) is 0.890. The van der Waals surface area contributed by atoms with Crippen LogP contribution in [0.3, 0.4) is 0 Å². The van der Waals surface area contributed by atoms with Gasteiger partial charge in [-0.1, -0.05) is 6.07 Å². The third kappa shape index (κ3) is 5.11. The van der Waals surface area contributed by atoms with Crippen LogP contribution in [0.4, 0.5) is 5.95 Å². The molecule has 9 nitrogen and oxygen atoms in total. The van der Waals surface area contributed by atoms with Gasteiger partial charge in [0, 0.05) is 64.8 Å². The number of aryl methyl sites for hydroxylation is 1.